The lowest BCUT2D eigenvalue weighted by molar-refractivity contribution is -0.195. The van der Waals surface area contributed by atoms with Crippen molar-refractivity contribution >= 4 is 62.3 Å². The Balaban J connectivity index is 0.728. The molecule has 20 nitrogen and oxygen atoms in total. The molecule has 7 rings (SSSR count). The topological polar surface area (TPSA) is 271 Å². The Hall–Kier alpha value is -6.50. The number of hydrogen-bond acceptors (Lipinski definition) is 18. The zero-order chi connectivity index (χ0) is 45.5. The Morgan fingerprint density at radius 2 is 1.63 bits per heavy atom. The van der Waals surface area contributed by atoms with Crippen molar-refractivity contribution in [2.45, 2.75) is 30.3 Å². The Morgan fingerprint density at radius 1 is 0.862 bits per heavy atom. The number of aromatic nitrogens is 4. The fourth-order valence-electron chi connectivity index (χ4n) is 6.55. The number of carbonyl (C=O) groups is 3. The zero-order valence-electron chi connectivity index (χ0n) is 34.6. The molecule has 2 aromatic heterocycles. The van der Waals surface area contributed by atoms with E-state index in [9.17, 15) is 29.4 Å². The highest BCUT2D eigenvalue weighted by Gasteiger charge is 2.23. The number of thiazole rings is 1. The van der Waals surface area contributed by atoms with E-state index in [0.717, 1.165) is 22.3 Å². The number of nitrogens with two attached hydrogens (primary N) is 1. The Kier molecular flexibility index (Phi) is 16.4. The third-order valence-corrected chi connectivity index (χ3v) is 11.2. The van der Waals surface area contributed by atoms with E-state index < -0.39 is 11.9 Å². The maximum atomic E-state index is 13.2. The van der Waals surface area contributed by atoms with Gasteiger partial charge in [0.25, 0.3) is 5.91 Å². The summed E-state index contributed by atoms with van der Waals surface area (Å²) in [6.45, 7) is 3.19. The second-order valence-corrected chi connectivity index (χ2v) is 16.1. The van der Waals surface area contributed by atoms with Crippen molar-refractivity contribution in [2.24, 2.45) is 5.90 Å². The molecule has 22 heteroatoms. The summed E-state index contributed by atoms with van der Waals surface area (Å²) in [4.78, 5) is 58.5. The second-order valence-electron chi connectivity index (χ2n) is 14.1. The van der Waals surface area contributed by atoms with Gasteiger partial charge >= 0.3 is 5.97 Å². The highest BCUT2D eigenvalue weighted by atomic mass is 32.2. The van der Waals surface area contributed by atoms with Gasteiger partial charge in [-0.15, -0.1) is 25.8 Å². The van der Waals surface area contributed by atoms with Gasteiger partial charge in [0.05, 0.1) is 48.4 Å². The number of nitrogens with zero attached hydrogens (tertiary/aromatic N) is 4. The van der Waals surface area contributed by atoms with E-state index >= 15 is 0 Å². The summed E-state index contributed by atoms with van der Waals surface area (Å²) in [5.41, 5.74) is 2.63. The van der Waals surface area contributed by atoms with Crippen LogP contribution in [0.25, 0.3) is 43.6 Å². The van der Waals surface area contributed by atoms with Gasteiger partial charge in [-0.2, -0.15) is 5.90 Å². The first-order valence-corrected chi connectivity index (χ1v) is 21.7. The van der Waals surface area contributed by atoms with Crippen LogP contribution < -0.4 is 26.7 Å². The van der Waals surface area contributed by atoms with E-state index in [2.05, 4.69) is 35.3 Å². The summed E-state index contributed by atoms with van der Waals surface area (Å²) in [5.74, 6) is 3.81. The van der Waals surface area contributed by atoms with Gasteiger partial charge in [0.2, 0.25) is 5.91 Å². The summed E-state index contributed by atoms with van der Waals surface area (Å²) in [7, 11) is 0. The SMILES string of the molecule is NOOSc1nc2ccc(OCc3cn(CC(=O)NCCCOCCOCCOCCCNC(=O)c4ccc(C(=O)O)c(-c5c6ccc(=O)cc-6oc6cc(O)ccc56)c4)nn3)cc2s1. The molecule has 0 atom stereocenters. The Morgan fingerprint density at radius 3 is 2.40 bits per heavy atom. The van der Waals surface area contributed by atoms with Crippen LogP contribution in [-0.4, -0.2) is 101 Å². The molecule has 0 saturated carbocycles. The number of fused-ring (bicyclic) bond motifs is 3. The number of carboxylic acid groups (broad SMARTS) is 1. The van der Waals surface area contributed by atoms with Crippen LogP contribution >= 0.6 is 23.4 Å². The van der Waals surface area contributed by atoms with Crippen molar-refractivity contribution in [3.8, 4) is 33.9 Å². The van der Waals surface area contributed by atoms with Crippen molar-refractivity contribution in [3.05, 3.63) is 106 Å². The fraction of sp³-hybridized carbons (Fsp3) is 0.279. The van der Waals surface area contributed by atoms with Crippen molar-refractivity contribution in [3.63, 3.8) is 0 Å². The third kappa shape index (κ3) is 12.8. The van der Waals surface area contributed by atoms with Gasteiger partial charge in [0.1, 0.15) is 53.7 Å². The monoisotopic (exact) mass is 929 g/mol. The molecule has 0 radical (unpaired) electrons. The van der Waals surface area contributed by atoms with Gasteiger partial charge in [-0.05, 0) is 79.1 Å². The standard InChI is InChI=1S/C43H43N7O13S2/c44-62-63-65-43-47-35-10-6-30(22-38(35)64-43)60-25-27-23-50(49-48-27)24-39(53)45-11-1-13-57-15-17-59-18-16-58-14-2-12-46-41(54)26-3-7-31(42(55)56)34(19-26)40-32-8-4-28(51)20-36(32)61-37-21-29(52)5-9-33(37)40/h3-10,19-23,51H,1-2,11-18,24-25,44H2,(H,45,53)(H,46,54)(H,55,56). The summed E-state index contributed by atoms with van der Waals surface area (Å²) >= 11 is 2.31. The quantitative estimate of drug-likeness (QED) is 0.0167. The van der Waals surface area contributed by atoms with Crippen LogP contribution in [0.3, 0.4) is 0 Å². The number of carboxylic acids is 1. The van der Waals surface area contributed by atoms with Crippen molar-refractivity contribution in [1.29, 1.82) is 0 Å². The lowest BCUT2D eigenvalue weighted by Gasteiger charge is -2.17. The molecule has 3 aromatic carbocycles. The van der Waals surface area contributed by atoms with Crippen LogP contribution in [0, 0.1) is 0 Å². The second kappa shape index (κ2) is 22.9. The normalized spacial score (nSPS) is 11.4. The molecule has 6 N–H and O–H groups in total. The molecule has 0 saturated heterocycles. The molecule has 0 bridgehead atoms. The predicted octanol–water partition coefficient (Wildman–Crippen LogP) is 4.95. The molecule has 0 spiro atoms. The molecule has 65 heavy (non-hydrogen) atoms. The van der Waals surface area contributed by atoms with Crippen LogP contribution in [-0.2, 0) is 41.5 Å². The van der Waals surface area contributed by atoms with Crippen molar-refractivity contribution in [2.75, 3.05) is 52.7 Å². The molecule has 2 amide bonds. The Labute approximate surface area is 378 Å². The van der Waals surface area contributed by atoms with Crippen LogP contribution in [0.1, 0.15) is 39.3 Å². The number of rotatable bonds is 25. The summed E-state index contributed by atoms with van der Waals surface area (Å²) < 4.78 is 36.1. The number of phenols is 1. The molecule has 3 heterocycles. The van der Waals surface area contributed by atoms with E-state index in [0.29, 0.717) is 97.9 Å². The smallest absolute Gasteiger partial charge is 0.336 e. The van der Waals surface area contributed by atoms with Crippen LogP contribution in [0.4, 0.5) is 0 Å². The van der Waals surface area contributed by atoms with Crippen LogP contribution in [0.5, 0.6) is 11.5 Å². The largest absolute Gasteiger partial charge is 0.508 e. The van der Waals surface area contributed by atoms with E-state index in [4.69, 9.17) is 29.3 Å². The number of hydrogen-bond donors (Lipinski definition) is 5. The third-order valence-electron chi connectivity index (χ3n) is 9.50. The summed E-state index contributed by atoms with van der Waals surface area (Å²) in [6.07, 6.45) is 2.79. The first kappa shape index (κ1) is 46.5. The molecule has 340 valence electrons. The number of ether oxygens (including phenoxy) is 4. The first-order valence-electron chi connectivity index (χ1n) is 20.1. The number of aromatic carboxylic acids is 1. The van der Waals surface area contributed by atoms with Gasteiger partial charge in [0.15, 0.2) is 9.77 Å². The van der Waals surface area contributed by atoms with Gasteiger partial charge in [0, 0.05) is 60.5 Å². The van der Waals surface area contributed by atoms with E-state index in [1.165, 1.54) is 58.5 Å². The molecule has 1 aliphatic heterocycles. The van der Waals surface area contributed by atoms with E-state index in [-0.39, 0.29) is 58.3 Å². The maximum absolute atomic E-state index is 13.2. The molecule has 1 aliphatic carbocycles. The average Bonchev–Trinajstić information content (AvgIpc) is 3.93. The van der Waals surface area contributed by atoms with Crippen molar-refractivity contribution < 1.29 is 57.3 Å². The van der Waals surface area contributed by atoms with E-state index in [1.54, 1.807) is 24.4 Å². The average molecular weight is 930 g/mol. The number of phenolic OH excluding ortho intramolecular Hbond substituents is 1. The van der Waals surface area contributed by atoms with Crippen molar-refractivity contribution in [1.82, 2.24) is 30.6 Å². The minimum atomic E-state index is -1.20. The Bertz CT molecular complexity index is 2780. The number of nitrogens with one attached hydrogen (secondary N) is 2. The molecule has 2 aliphatic rings. The highest BCUT2D eigenvalue weighted by molar-refractivity contribution is 7.96. The lowest BCUT2D eigenvalue weighted by atomic mass is 9.89. The molecular formula is C43H43N7O13S2. The molecule has 5 aromatic rings. The molecule has 0 fully saturated rings. The summed E-state index contributed by atoms with van der Waals surface area (Å²) in [6, 6.07) is 18.4. The van der Waals surface area contributed by atoms with E-state index in [1.807, 2.05) is 12.1 Å². The minimum Gasteiger partial charge on any atom is -0.508 e. The number of carbonyl (C=O) groups excluding carboxylic acids is 2. The van der Waals surface area contributed by atoms with Crippen LogP contribution in [0.15, 0.2) is 92.5 Å². The van der Waals surface area contributed by atoms with Crippen LogP contribution in [0.2, 0.25) is 0 Å². The number of amides is 2. The van der Waals surface area contributed by atoms with Gasteiger partial charge in [-0.3, -0.25) is 14.4 Å². The lowest BCUT2D eigenvalue weighted by Crippen LogP contribution is -2.29. The maximum Gasteiger partial charge on any atom is 0.336 e. The van der Waals surface area contributed by atoms with Gasteiger partial charge < -0.3 is 44.2 Å². The fourth-order valence-corrected chi connectivity index (χ4v) is 8.00. The number of aromatic hydroxyl groups is 1. The minimum absolute atomic E-state index is 0.00942. The highest BCUT2D eigenvalue weighted by Crippen LogP contribution is 2.42. The molecule has 0 unspecified atom stereocenters. The first-order chi connectivity index (χ1) is 31.6. The number of benzene rings is 4. The molecular weight excluding hydrogens is 887 g/mol. The zero-order valence-corrected chi connectivity index (χ0v) is 36.2. The predicted molar refractivity (Wildman–Crippen MR) is 236 cm³/mol. The van der Waals surface area contributed by atoms with Gasteiger partial charge in [-0.25, -0.2) is 14.5 Å². The van der Waals surface area contributed by atoms with Gasteiger partial charge in [-0.1, -0.05) is 5.21 Å². The summed E-state index contributed by atoms with van der Waals surface area (Å²) in [5, 5.41) is 34.4.